The molecule has 3 N–H and O–H groups in total. The van der Waals surface area contributed by atoms with Gasteiger partial charge in [-0.1, -0.05) is 36.7 Å². The van der Waals surface area contributed by atoms with E-state index in [2.05, 4.69) is 23.3 Å². The van der Waals surface area contributed by atoms with E-state index < -0.39 is 0 Å². The molecule has 18 heavy (non-hydrogen) atoms. The topological polar surface area (TPSA) is 50.4 Å². The van der Waals surface area contributed by atoms with Crippen LogP contribution in [0.3, 0.4) is 0 Å². The van der Waals surface area contributed by atoms with Gasteiger partial charge in [-0.15, -0.1) is 0 Å². The number of hydrogen-bond donors (Lipinski definition) is 2. The van der Waals surface area contributed by atoms with Crippen LogP contribution in [0.2, 0.25) is 5.02 Å². The lowest BCUT2D eigenvalue weighted by atomic mass is 9.96. The van der Waals surface area contributed by atoms with Gasteiger partial charge in [0, 0.05) is 17.0 Å². The zero-order chi connectivity index (χ0) is 13.0. The SMILES string of the molecule is CCCNC(N)=NCC1(c2ccccc2Cl)CC1. The summed E-state index contributed by atoms with van der Waals surface area (Å²) in [4.78, 5) is 4.44. The molecule has 1 aromatic carbocycles. The maximum absolute atomic E-state index is 6.25. The van der Waals surface area contributed by atoms with Crippen LogP contribution in [0.25, 0.3) is 0 Å². The van der Waals surface area contributed by atoms with Crippen molar-refractivity contribution in [2.45, 2.75) is 31.6 Å². The van der Waals surface area contributed by atoms with Crippen molar-refractivity contribution in [1.82, 2.24) is 5.32 Å². The van der Waals surface area contributed by atoms with E-state index >= 15 is 0 Å². The fourth-order valence-corrected chi connectivity index (χ4v) is 2.44. The summed E-state index contributed by atoms with van der Waals surface area (Å²) in [6.45, 7) is 3.69. The van der Waals surface area contributed by atoms with Crippen molar-refractivity contribution in [3.05, 3.63) is 34.9 Å². The quantitative estimate of drug-likeness (QED) is 0.635. The third-order valence-corrected chi connectivity index (χ3v) is 3.74. The van der Waals surface area contributed by atoms with Gasteiger partial charge in [0.25, 0.3) is 0 Å². The number of nitrogens with zero attached hydrogens (tertiary/aromatic N) is 1. The summed E-state index contributed by atoms with van der Waals surface area (Å²) in [5.74, 6) is 0.537. The monoisotopic (exact) mass is 265 g/mol. The number of halogens is 1. The normalized spacial score (nSPS) is 17.6. The van der Waals surface area contributed by atoms with Gasteiger partial charge in [-0.2, -0.15) is 0 Å². The number of guanidine groups is 1. The highest BCUT2D eigenvalue weighted by atomic mass is 35.5. The Labute approximate surface area is 113 Å². The molecule has 1 aliphatic rings. The van der Waals surface area contributed by atoms with E-state index in [9.17, 15) is 0 Å². The summed E-state index contributed by atoms with van der Waals surface area (Å²) in [6.07, 6.45) is 3.33. The van der Waals surface area contributed by atoms with Crippen LogP contribution >= 0.6 is 11.6 Å². The minimum Gasteiger partial charge on any atom is -0.370 e. The van der Waals surface area contributed by atoms with Crippen molar-refractivity contribution in [1.29, 1.82) is 0 Å². The van der Waals surface area contributed by atoms with E-state index in [0.29, 0.717) is 5.96 Å². The Hall–Kier alpha value is -1.22. The third-order valence-electron chi connectivity index (χ3n) is 3.41. The van der Waals surface area contributed by atoms with Crippen LogP contribution in [0.15, 0.2) is 29.3 Å². The standard InChI is InChI=1S/C14H20ClN3/c1-2-9-17-13(16)18-10-14(7-8-14)11-5-3-4-6-12(11)15/h3-6H,2,7-10H2,1H3,(H3,16,17,18). The Kier molecular flexibility index (Phi) is 4.12. The third kappa shape index (κ3) is 2.96. The van der Waals surface area contributed by atoms with E-state index in [0.717, 1.165) is 37.4 Å². The molecule has 0 aliphatic heterocycles. The van der Waals surface area contributed by atoms with Crippen LogP contribution in [0.5, 0.6) is 0 Å². The fraction of sp³-hybridized carbons (Fsp3) is 0.500. The van der Waals surface area contributed by atoms with E-state index in [1.54, 1.807) is 0 Å². The van der Waals surface area contributed by atoms with Gasteiger partial charge in [0.15, 0.2) is 5.96 Å². The van der Waals surface area contributed by atoms with Gasteiger partial charge in [-0.05, 0) is 30.9 Å². The lowest BCUT2D eigenvalue weighted by molar-refractivity contribution is 0.699. The average molecular weight is 266 g/mol. The van der Waals surface area contributed by atoms with Crippen LogP contribution in [0, 0.1) is 0 Å². The molecule has 0 aromatic heterocycles. The molecule has 4 heteroatoms. The van der Waals surface area contributed by atoms with Gasteiger partial charge in [-0.25, -0.2) is 0 Å². The average Bonchev–Trinajstić information content (AvgIpc) is 3.15. The highest BCUT2D eigenvalue weighted by Gasteiger charge is 2.45. The second kappa shape index (κ2) is 5.61. The molecule has 1 aliphatic carbocycles. The predicted molar refractivity (Wildman–Crippen MR) is 77.1 cm³/mol. The summed E-state index contributed by atoms with van der Waals surface area (Å²) < 4.78 is 0. The Morgan fingerprint density at radius 3 is 2.78 bits per heavy atom. The zero-order valence-electron chi connectivity index (χ0n) is 10.7. The molecule has 98 valence electrons. The van der Waals surface area contributed by atoms with Crippen molar-refractivity contribution in [2.75, 3.05) is 13.1 Å². The molecule has 1 aromatic rings. The van der Waals surface area contributed by atoms with Crippen molar-refractivity contribution in [3.63, 3.8) is 0 Å². The maximum atomic E-state index is 6.25. The number of rotatable bonds is 5. The van der Waals surface area contributed by atoms with Crippen molar-refractivity contribution >= 4 is 17.6 Å². The summed E-state index contributed by atoms with van der Waals surface area (Å²) in [6, 6.07) is 8.03. The molecule has 0 unspecified atom stereocenters. The Morgan fingerprint density at radius 1 is 1.44 bits per heavy atom. The smallest absolute Gasteiger partial charge is 0.188 e. The molecule has 0 atom stereocenters. The molecule has 0 spiro atoms. The maximum Gasteiger partial charge on any atom is 0.188 e. The minimum absolute atomic E-state index is 0.122. The second-order valence-electron chi connectivity index (χ2n) is 4.89. The first kappa shape index (κ1) is 13.2. The number of aliphatic imine (C=N–C) groups is 1. The first-order valence-corrected chi connectivity index (χ1v) is 6.84. The molecule has 1 fully saturated rings. The molecular formula is C14H20ClN3. The molecule has 0 bridgehead atoms. The molecule has 0 amide bonds. The van der Waals surface area contributed by atoms with Crippen molar-refractivity contribution in [2.24, 2.45) is 10.7 Å². The second-order valence-corrected chi connectivity index (χ2v) is 5.30. The minimum atomic E-state index is 0.122. The van der Waals surface area contributed by atoms with E-state index in [1.807, 2.05) is 18.2 Å². The number of nitrogens with two attached hydrogens (primary N) is 1. The molecular weight excluding hydrogens is 246 g/mol. The highest BCUT2D eigenvalue weighted by Crippen LogP contribution is 2.50. The highest BCUT2D eigenvalue weighted by molar-refractivity contribution is 6.31. The molecule has 3 nitrogen and oxygen atoms in total. The Morgan fingerprint density at radius 2 is 2.17 bits per heavy atom. The molecule has 1 saturated carbocycles. The van der Waals surface area contributed by atoms with Crippen LogP contribution in [-0.4, -0.2) is 19.0 Å². The van der Waals surface area contributed by atoms with Crippen molar-refractivity contribution in [3.8, 4) is 0 Å². The Balaban J connectivity index is 2.03. The Bertz CT molecular complexity index is 438. The number of benzene rings is 1. The summed E-state index contributed by atoms with van der Waals surface area (Å²) in [5, 5.41) is 3.93. The van der Waals surface area contributed by atoms with Gasteiger partial charge >= 0.3 is 0 Å². The predicted octanol–water partition coefficient (Wildman–Crippen LogP) is 2.69. The van der Waals surface area contributed by atoms with Gasteiger partial charge in [-0.3, -0.25) is 4.99 Å². The summed E-state index contributed by atoms with van der Waals surface area (Å²) in [5.41, 5.74) is 7.15. The van der Waals surface area contributed by atoms with Crippen molar-refractivity contribution < 1.29 is 0 Å². The summed E-state index contributed by atoms with van der Waals surface area (Å²) in [7, 11) is 0. The molecule has 0 heterocycles. The lowest BCUT2D eigenvalue weighted by Gasteiger charge is -2.15. The van der Waals surface area contributed by atoms with Crippen LogP contribution in [0.4, 0.5) is 0 Å². The number of nitrogens with one attached hydrogen (secondary N) is 1. The first-order chi connectivity index (χ1) is 8.68. The zero-order valence-corrected chi connectivity index (χ0v) is 11.5. The van der Waals surface area contributed by atoms with E-state index in [1.165, 1.54) is 5.56 Å². The van der Waals surface area contributed by atoms with Crippen LogP contribution in [-0.2, 0) is 5.41 Å². The van der Waals surface area contributed by atoms with Crippen LogP contribution in [0.1, 0.15) is 31.7 Å². The fourth-order valence-electron chi connectivity index (χ4n) is 2.10. The molecule has 2 rings (SSSR count). The first-order valence-electron chi connectivity index (χ1n) is 6.47. The molecule has 0 radical (unpaired) electrons. The van der Waals surface area contributed by atoms with Gasteiger partial charge in [0.2, 0.25) is 0 Å². The molecule has 0 saturated heterocycles. The lowest BCUT2D eigenvalue weighted by Crippen LogP contribution is -2.33. The van der Waals surface area contributed by atoms with Gasteiger partial charge in [0.1, 0.15) is 0 Å². The van der Waals surface area contributed by atoms with Crippen LogP contribution < -0.4 is 11.1 Å². The van der Waals surface area contributed by atoms with Gasteiger partial charge < -0.3 is 11.1 Å². The summed E-state index contributed by atoms with van der Waals surface area (Å²) >= 11 is 6.25. The number of hydrogen-bond acceptors (Lipinski definition) is 1. The largest absolute Gasteiger partial charge is 0.370 e. The van der Waals surface area contributed by atoms with Gasteiger partial charge in [0.05, 0.1) is 6.54 Å². The van der Waals surface area contributed by atoms with E-state index in [4.69, 9.17) is 17.3 Å². The van der Waals surface area contributed by atoms with E-state index in [-0.39, 0.29) is 5.41 Å².